The van der Waals surface area contributed by atoms with Gasteiger partial charge in [-0.2, -0.15) is 0 Å². The Labute approximate surface area is 85.4 Å². The van der Waals surface area contributed by atoms with Crippen LogP contribution in [0.5, 0.6) is 0 Å². The highest BCUT2D eigenvalue weighted by Gasteiger charge is 2.50. The topological polar surface area (TPSA) is 25.0 Å². The molecule has 80 valence electrons. The van der Waals surface area contributed by atoms with E-state index < -0.39 is 0 Å². The van der Waals surface area contributed by atoms with Crippen LogP contribution in [0.4, 0.5) is 0 Å². The molecule has 0 aromatic rings. The Kier molecular flexibility index (Phi) is 1.92. The molecular formula is C11H19NO2. The molecule has 0 aromatic carbocycles. The summed E-state index contributed by atoms with van der Waals surface area (Å²) in [5.74, 6) is 0.737. The molecule has 0 bridgehead atoms. The van der Waals surface area contributed by atoms with Crippen molar-refractivity contribution < 1.29 is 9.47 Å². The number of hydrogen-bond acceptors (Lipinski definition) is 3. The van der Waals surface area contributed by atoms with Crippen LogP contribution in [0.3, 0.4) is 0 Å². The molecule has 3 atom stereocenters. The van der Waals surface area contributed by atoms with Crippen LogP contribution in [0.25, 0.3) is 0 Å². The first-order chi connectivity index (χ1) is 6.67. The van der Waals surface area contributed by atoms with E-state index in [4.69, 9.17) is 9.47 Å². The molecule has 3 unspecified atom stereocenters. The molecule has 0 amide bonds. The molecule has 0 saturated carbocycles. The summed E-state index contributed by atoms with van der Waals surface area (Å²) >= 11 is 0. The lowest BCUT2D eigenvalue weighted by Crippen LogP contribution is -2.35. The lowest BCUT2D eigenvalue weighted by Gasteiger charge is -2.23. The molecule has 3 rings (SSSR count). The largest absolute Gasteiger partial charge is 0.379 e. The summed E-state index contributed by atoms with van der Waals surface area (Å²) in [5.41, 5.74) is 0.427. The van der Waals surface area contributed by atoms with Crippen molar-refractivity contribution in [1.82, 2.24) is 4.90 Å². The molecule has 3 fully saturated rings. The van der Waals surface area contributed by atoms with Crippen LogP contribution in [-0.4, -0.2) is 50.0 Å². The average molecular weight is 197 g/mol. The summed E-state index contributed by atoms with van der Waals surface area (Å²) in [4.78, 5) is 2.58. The second kappa shape index (κ2) is 2.94. The van der Waals surface area contributed by atoms with Crippen LogP contribution in [0.1, 0.15) is 13.8 Å². The minimum absolute atomic E-state index is 0.427. The van der Waals surface area contributed by atoms with Crippen molar-refractivity contribution in [3.05, 3.63) is 0 Å². The molecule has 0 radical (unpaired) electrons. The van der Waals surface area contributed by atoms with E-state index in [0.29, 0.717) is 17.6 Å². The summed E-state index contributed by atoms with van der Waals surface area (Å²) in [7, 11) is 0. The Morgan fingerprint density at radius 2 is 2.07 bits per heavy atom. The third-order valence-electron chi connectivity index (χ3n) is 3.97. The maximum Gasteiger partial charge on any atom is 0.0936 e. The van der Waals surface area contributed by atoms with E-state index in [1.165, 1.54) is 6.54 Å². The highest BCUT2D eigenvalue weighted by Crippen LogP contribution is 2.43. The van der Waals surface area contributed by atoms with Crippen LogP contribution < -0.4 is 0 Å². The predicted molar refractivity (Wildman–Crippen MR) is 53.2 cm³/mol. The van der Waals surface area contributed by atoms with Gasteiger partial charge in [0.2, 0.25) is 0 Å². The van der Waals surface area contributed by atoms with Gasteiger partial charge in [-0.3, -0.25) is 4.90 Å². The normalized spacial score (nSPS) is 45.4. The van der Waals surface area contributed by atoms with Gasteiger partial charge >= 0.3 is 0 Å². The van der Waals surface area contributed by atoms with Crippen LogP contribution in [0, 0.1) is 11.3 Å². The van der Waals surface area contributed by atoms with Gasteiger partial charge in [-0.15, -0.1) is 0 Å². The van der Waals surface area contributed by atoms with E-state index in [-0.39, 0.29) is 0 Å². The number of ether oxygens (including phenoxy) is 2. The maximum atomic E-state index is 5.60. The number of likely N-dealkylation sites (tertiary alicyclic amines) is 1. The standard InChI is InChI=1S/C11H19NO2/c1-11(2)7-12(3-8-4-14-8)10-6-13-5-9(10)11/h8-10H,3-7H2,1-2H3. The van der Waals surface area contributed by atoms with Gasteiger partial charge in [0.15, 0.2) is 0 Å². The van der Waals surface area contributed by atoms with E-state index >= 15 is 0 Å². The smallest absolute Gasteiger partial charge is 0.0936 e. The van der Waals surface area contributed by atoms with E-state index in [2.05, 4.69) is 18.7 Å². The van der Waals surface area contributed by atoms with Gasteiger partial charge in [-0.1, -0.05) is 13.8 Å². The number of rotatable bonds is 2. The summed E-state index contributed by atoms with van der Waals surface area (Å²) in [6.07, 6.45) is 0.519. The Balaban J connectivity index is 1.73. The fourth-order valence-corrected chi connectivity index (χ4v) is 3.04. The van der Waals surface area contributed by atoms with Crippen molar-refractivity contribution in [2.24, 2.45) is 11.3 Å². The van der Waals surface area contributed by atoms with Gasteiger partial charge in [0.1, 0.15) is 0 Å². The van der Waals surface area contributed by atoms with Gasteiger partial charge < -0.3 is 9.47 Å². The molecule has 0 aromatic heterocycles. The van der Waals surface area contributed by atoms with E-state index in [9.17, 15) is 0 Å². The van der Waals surface area contributed by atoms with Crippen molar-refractivity contribution in [2.45, 2.75) is 26.0 Å². The number of fused-ring (bicyclic) bond motifs is 1. The lowest BCUT2D eigenvalue weighted by atomic mass is 9.80. The fourth-order valence-electron chi connectivity index (χ4n) is 3.04. The summed E-state index contributed by atoms with van der Waals surface area (Å²) in [6, 6.07) is 0.661. The second-order valence-corrected chi connectivity index (χ2v) is 5.58. The Bertz CT molecular complexity index is 237. The zero-order chi connectivity index (χ0) is 9.76. The Morgan fingerprint density at radius 3 is 2.79 bits per heavy atom. The van der Waals surface area contributed by atoms with Crippen LogP contribution in [-0.2, 0) is 9.47 Å². The van der Waals surface area contributed by atoms with Crippen LogP contribution in [0.2, 0.25) is 0 Å². The number of nitrogens with zero attached hydrogens (tertiary/aromatic N) is 1. The Hall–Kier alpha value is -0.120. The predicted octanol–water partition coefficient (Wildman–Crippen LogP) is 0.742. The molecule has 3 heterocycles. The fraction of sp³-hybridized carbons (Fsp3) is 1.00. The summed E-state index contributed by atoms with van der Waals surface area (Å²) in [5, 5.41) is 0. The average Bonchev–Trinajstić information content (AvgIpc) is 2.72. The van der Waals surface area contributed by atoms with Crippen LogP contribution in [0.15, 0.2) is 0 Å². The van der Waals surface area contributed by atoms with E-state index in [1.807, 2.05) is 0 Å². The molecule has 3 heteroatoms. The lowest BCUT2D eigenvalue weighted by molar-refractivity contribution is 0.117. The van der Waals surface area contributed by atoms with Crippen LogP contribution >= 0.6 is 0 Å². The summed E-state index contributed by atoms with van der Waals surface area (Å²) in [6.45, 7) is 9.93. The zero-order valence-corrected chi connectivity index (χ0v) is 9.03. The second-order valence-electron chi connectivity index (χ2n) is 5.58. The molecule has 0 spiro atoms. The Morgan fingerprint density at radius 1 is 1.29 bits per heavy atom. The highest BCUT2D eigenvalue weighted by molar-refractivity contribution is 5.01. The molecular weight excluding hydrogens is 178 g/mol. The van der Waals surface area contributed by atoms with E-state index in [0.717, 1.165) is 32.3 Å². The van der Waals surface area contributed by atoms with Gasteiger partial charge in [0.05, 0.1) is 25.9 Å². The first-order valence-electron chi connectivity index (χ1n) is 5.60. The third kappa shape index (κ3) is 1.38. The first kappa shape index (κ1) is 9.13. The molecule has 0 aliphatic carbocycles. The molecule has 3 saturated heterocycles. The first-order valence-corrected chi connectivity index (χ1v) is 5.60. The van der Waals surface area contributed by atoms with Gasteiger partial charge in [0, 0.05) is 25.0 Å². The van der Waals surface area contributed by atoms with Gasteiger partial charge in [-0.05, 0) is 5.41 Å². The van der Waals surface area contributed by atoms with E-state index in [1.54, 1.807) is 0 Å². The van der Waals surface area contributed by atoms with Crippen molar-refractivity contribution in [3.8, 4) is 0 Å². The molecule has 3 nitrogen and oxygen atoms in total. The SMILES string of the molecule is CC1(C)CN(CC2CO2)C2COCC21. The maximum absolute atomic E-state index is 5.60. The van der Waals surface area contributed by atoms with Crippen molar-refractivity contribution in [1.29, 1.82) is 0 Å². The van der Waals surface area contributed by atoms with Crippen molar-refractivity contribution >= 4 is 0 Å². The molecule has 3 aliphatic heterocycles. The van der Waals surface area contributed by atoms with Crippen molar-refractivity contribution in [2.75, 3.05) is 32.9 Å². The highest BCUT2D eigenvalue weighted by atomic mass is 16.6. The van der Waals surface area contributed by atoms with Gasteiger partial charge in [0.25, 0.3) is 0 Å². The zero-order valence-electron chi connectivity index (χ0n) is 9.03. The van der Waals surface area contributed by atoms with Crippen molar-refractivity contribution in [3.63, 3.8) is 0 Å². The summed E-state index contributed by atoms with van der Waals surface area (Å²) < 4.78 is 10.9. The minimum atomic E-state index is 0.427. The monoisotopic (exact) mass is 197 g/mol. The minimum Gasteiger partial charge on any atom is -0.379 e. The number of hydrogen-bond donors (Lipinski definition) is 0. The number of epoxide rings is 1. The molecule has 0 N–H and O–H groups in total. The molecule has 3 aliphatic rings. The quantitative estimate of drug-likeness (QED) is 0.610. The molecule has 14 heavy (non-hydrogen) atoms. The third-order valence-corrected chi connectivity index (χ3v) is 3.97. The van der Waals surface area contributed by atoms with Gasteiger partial charge in [-0.25, -0.2) is 0 Å².